The highest BCUT2D eigenvalue weighted by Gasteiger charge is 2.16. The Morgan fingerprint density at radius 2 is 1.92 bits per heavy atom. The zero-order chi connectivity index (χ0) is 17.1. The van der Waals surface area contributed by atoms with Crippen molar-refractivity contribution in [3.63, 3.8) is 0 Å². The van der Waals surface area contributed by atoms with Crippen molar-refractivity contribution in [2.75, 3.05) is 0 Å². The number of hydrogen-bond acceptors (Lipinski definition) is 6. The topological polar surface area (TPSA) is 89.4 Å². The number of aliphatic carboxylic acids is 1. The van der Waals surface area contributed by atoms with Gasteiger partial charge in [0.25, 0.3) is 5.22 Å². The molecule has 0 radical (unpaired) electrons. The Labute approximate surface area is 153 Å². The highest BCUT2D eigenvalue weighted by atomic mass is 79.9. The van der Waals surface area contributed by atoms with E-state index in [1.807, 2.05) is 0 Å². The van der Waals surface area contributed by atoms with Crippen molar-refractivity contribution in [2.24, 2.45) is 0 Å². The molecule has 3 rings (SSSR count). The molecule has 3 aromatic rings. The first-order valence-electron chi connectivity index (χ1n) is 6.49. The summed E-state index contributed by atoms with van der Waals surface area (Å²) in [6.45, 7) is 0. The molecule has 0 aliphatic heterocycles. The van der Waals surface area contributed by atoms with Gasteiger partial charge in [0.15, 0.2) is 4.67 Å². The lowest BCUT2D eigenvalue weighted by molar-refractivity contribution is -0.131. The number of aromatic nitrogens is 2. The van der Waals surface area contributed by atoms with E-state index in [1.165, 1.54) is 6.08 Å². The molecule has 0 atom stereocenters. The highest BCUT2D eigenvalue weighted by Crippen LogP contribution is 2.30. The van der Waals surface area contributed by atoms with Crippen LogP contribution in [-0.4, -0.2) is 21.3 Å². The zero-order valence-corrected chi connectivity index (χ0v) is 14.9. The first-order chi connectivity index (χ1) is 11.5. The van der Waals surface area contributed by atoms with Crippen LogP contribution in [0, 0.1) is 0 Å². The predicted octanol–water partition coefficient (Wildman–Crippen LogP) is 4.96. The number of rotatable bonds is 5. The van der Waals surface area contributed by atoms with Gasteiger partial charge in [0.05, 0.1) is 0 Å². The summed E-state index contributed by atoms with van der Waals surface area (Å²) in [5.41, 5.74) is 0.689. The highest BCUT2D eigenvalue weighted by molar-refractivity contribution is 9.10. The minimum Gasteiger partial charge on any atom is -0.477 e. The summed E-state index contributed by atoms with van der Waals surface area (Å²) in [7, 11) is 0. The zero-order valence-electron chi connectivity index (χ0n) is 11.8. The van der Waals surface area contributed by atoms with Crippen LogP contribution in [0.2, 0.25) is 5.02 Å². The molecule has 0 saturated carbocycles. The maximum atomic E-state index is 11.4. The Morgan fingerprint density at radius 3 is 2.54 bits per heavy atom. The van der Waals surface area contributed by atoms with E-state index in [9.17, 15) is 9.90 Å². The van der Waals surface area contributed by atoms with Gasteiger partial charge in [-0.2, -0.15) is 0 Å². The van der Waals surface area contributed by atoms with Crippen LogP contribution in [0.25, 0.3) is 17.5 Å². The molecule has 0 aliphatic carbocycles. The standard InChI is InChI=1S/C15H8BrClN2O4S/c16-12-6-5-10(22-12)7-11(14(20)21)24-15-19-18-13(23-15)8-1-3-9(17)4-2-8/h1-7H,(H,20,21)/b11-7-. The van der Waals surface area contributed by atoms with Gasteiger partial charge < -0.3 is 13.9 Å². The fraction of sp³-hybridized carbons (Fsp3) is 0. The van der Waals surface area contributed by atoms with Gasteiger partial charge in [-0.05, 0) is 64.1 Å². The number of carboxylic acid groups (broad SMARTS) is 1. The fourth-order valence-corrected chi connectivity index (χ4v) is 2.82. The smallest absolute Gasteiger partial charge is 0.342 e. The van der Waals surface area contributed by atoms with Gasteiger partial charge in [-0.1, -0.05) is 11.6 Å². The molecule has 1 aromatic carbocycles. The monoisotopic (exact) mass is 426 g/mol. The van der Waals surface area contributed by atoms with E-state index < -0.39 is 5.97 Å². The number of carboxylic acids is 1. The summed E-state index contributed by atoms with van der Waals surface area (Å²) >= 11 is 9.83. The summed E-state index contributed by atoms with van der Waals surface area (Å²) in [5.74, 6) is -0.456. The van der Waals surface area contributed by atoms with Gasteiger partial charge >= 0.3 is 5.97 Å². The van der Waals surface area contributed by atoms with E-state index in [4.69, 9.17) is 20.4 Å². The first-order valence-corrected chi connectivity index (χ1v) is 8.47. The third-order valence-corrected chi connectivity index (χ3v) is 4.30. The molecule has 1 N–H and O–H groups in total. The van der Waals surface area contributed by atoms with Crippen LogP contribution in [0.1, 0.15) is 5.76 Å². The average Bonchev–Trinajstić information content (AvgIpc) is 3.17. The van der Waals surface area contributed by atoms with Gasteiger partial charge in [0, 0.05) is 16.7 Å². The van der Waals surface area contributed by atoms with Crippen LogP contribution in [0.5, 0.6) is 0 Å². The fourth-order valence-electron chi connectivity index (χ4n) is 1.72. The van der Waals surface area contributed by atoms with Crippen molar-refractivity contribution in [3.05, 3.63) is 56.8 Å². The van der Waals surface area contributed by atoms with Crippen molar-refractivity contribution >= 4 is 51.3 Å². The van der Waals surface area contributed by atoms with Gasteiger partial charge in [0.2, 0.25) is 5.89 Å². The molecule has 0 spiro atoms. The summed E-state index contributed by atoms with van der Waals surface area (Å²) in [6, 6.07) is 10.2. The molecule has 0 unspecified atom stereocenters. The third-order valence-electron chi connectivity index (χ3n) is 2.77. The summed E-state index contributed by atoms with van der Waals surface area (Å²) in [6.07, 6.45) is 1.38. The number of carbonyl (C=O) groups is 1. The van der Waals surface area contributed by atoms with Crippen molar-refractivity contribution in [1.29, 1.82) is 0 Å². The van der Waals surface area contributed by atoms with Gasteiger partial charge in [0.1, 0.15) is 10.7 Å². The normalized spacial score (nSPS) is 11.7. The van der Waals surface area contributed by atoms with Crippen molar-refractivity contribution in [1.82, 2.24) is 10.2 Å². The van der Waals surface area contributed by atoms with E-state index in [0.29, 0.717) is 21.0 Å². The van der Waals surface area contributed by atoms with Gasteiger partial charge in [-0.3, -0.25) is 0 Å². The molecule has 2 aromatic heterocycles. The van der Waals surface area contributed by atoms with E-state index in [2.05, 4.69) is 26.1 Å². The Bertz CT molecular complexity index is 904. The molecule has 0 aliphatic rings. The molecule has 122 valence electrons. The van der Waals surface area contributed by atoms with Crippen LogP contribution in [-0.2, 0) is 4.79 Å². The number of furan rings is 1. The molecule has 0 bridgehead atoms. The maximum Gasteiger partial charge on any atom is 0.342 e. The van der Waals surface area contributed by atoms with Crippen LogP contribution in [0.3, 0.4) is 0 Å². The number of halogens is 2. The summed E-state index contributed by atoms with van der Waals surface area (Å²) in [5, 5.41) is 17.8. The second kappa shape index (κ2) is 7.25. The quantitative estimate of drug-likeness (QED) is 0.454. The Balaban J connectivity index is 1.82. The third kappa shape index (κ3) is 4.08. The number of hydrogen-bond donors (Lipinski definition) is 1. The molecule has 2 heterocycles. The molecule has 0 amide bonds. The van der Waals surface area contributed by atoms with Crippen LogP contribution >= 0.6 is 39.3 Å². The lowest BCUT2D eigenvalue weighted by Crippen LogP contribution is -1.96. The molecule has 0 saturated heterocycles. The predicted molar refractivity (Wildman–Crippen MR) is 92.6 cm³/mol. The van der Waals surface area contributed by atoms with E-state index in [0.717, 1.165) is 11.8 Å². The second-order valence-electron chi connectivity index (χ2n) is 4.44. The minimum atomic E-state index is -1.13. The van der Waals surface area contributed by atoms with E-state index >= 15 is 0 Å². The van der Waals surface area contributed by atoms with Gasteiger partial charge in [-0.25, -0.2) is 4.79 Å². The molecule has 6 nitrogen and oxygen atoms in total. The minimum absolute atomic E-state index is 0.0110. The second-order valence-corrected chi connectivity index (χ2v) is 6.65. The number of nitrogens with zero attached hydrogens (tertiary/aromatic N) is 2. The molecule has 0 fully saturated rings. The number of benzene rings is 1. The Morgan fingerprint density at radius 1 is 1.17 bits per heavy atom. The van der Waals surface area contributed by atoms with Gasteiger partial charge in [-0.15, -0.1) is 10.2 Å². The van der Waals surface area contributed by atoms with Crippen molar-refractivity contribution in [2.45, 2.75) is 5.22 Å². The van der Waals surface area contributed by atoms with Crippen LogP contribution < -0.4 is 0 Å². The Kier molecular flexibility index (Phi) is 5.08. The van der Waals surface area contributed by atoms with Crippen LogP contribution in [0.15, 0.2) is 60.0 Å². The van der Waals surface area contributed by atoms with Crippen molar-refractivity contribution < 1.29 is 18.7 Å². The molecule has 24 heavy (non-hydrogen) atoms. The van der Waals surface area contributed by atoms with E-state index in [1.54, 1.807) is 36.4 Å². The SMILES string of the molecule is O=C(O)/C(=C/c1ccc(Br)o1)Sc1nnc(-c2ccc(Cl)cc2)o1. The molecule has 9 heteroatoms. The lowest BCUT2D eigenvalue weighted by Gasteiger charge is -1.97. The lowest BCUT2D eigenvalue weighted by atomic mass is 10.2. The van der Waals surface area contributed by atoms with Crippen LogP contribution in [0.4, 0.5) is 0 Å². The van der Waals surface area contributed by atoms with E-state index in [-0.39, 0.29) is 16.0 Å². The maximum absolute atomic E-state index is 11.4. The average molecular weight is 428 g/mol. The number of thioether (sulfide) groups is 1. The van der Waals surface area contributed by atoms with Crippen molar-refractivity contribution in [3.8, 4) is 11.5 Å². The largest absolute Gasteiger partial charge is 0.477 e. The summed E-state index contributed by atoms with van der Waals surface area (Å²) < 4.78 is 11.3. The first kappa shape index (κ1) is 16.8. The molecular formula is C15H8BrClN2O4S. The molecular weight excluding hydrogens is 420 g/mol. The summed E-state index contributed by atoms with van der Waals surface area (Å²) in [4.78, 5) is 11.4. The Hall–Kier alpha value is -2.03.